The van der Waals surface area contributed by atoms with E-state index in [1.807, 2.05) is 30.3 Å². The van der Waals surface area contributed by atoms with Gasteiger partial charge in [0, 0.05) is 13.0 Å². The van der Waals surface area contributed by atoms with Gasteiger partial charge >= 0.3 is 10.3 Å². The van der Waals surface area contributed by atoms with Crippen molar-refractivity contribution in [2.45, 2.75) is 31.3 Å². The van der Waals surface area contributed by atoms with Crippen molar-refractivity contribution in [1.82, 2.24) is 9.21 Å². The van der Waals surface area contributed by atoms with Gasteiger partial charge in [-0.3, -0.25) is 14.1 Å². The van der Waals surface area contributed by atoms with Gasteiger partial charge in [0.05, 0.1) is 6.04 Å². The number of carbonyl (C=O) groups excluding carboxylic acids is 2. The topological polar surface area (TPSA) is 95.0 Å². The third-order valence-electron chi connectivity index (χ3n) is 4.18. The van der Waals surface area contributed by atoms with E-state index in [2.05, 4.69) is 0 Å². The third-order valence-corrected chi connectivity index (χ3v) is 5.12. The van der Waals surface area contributed by atoms with Crippen molar-refractivity contribution >= 4 is 22.1 Å². The maximum Gasteiger partial charge on any atom is 0.362 e. The first kappa shape index (κ1) is 15.0. The fourth-order valence-corrected chi connectivity index (χ4v) is 4.03. The Bertz CT molecular complexity index is 703. The van der Waals surface area contributed by atoms with Crippen LogP contribution >= 0.6 is 0 Å². The molecule has 1 aromatic rings. The fraction of sp³-hybridized carbons (Fsp3) is 0.429. The van der Waals surface area contributed by atoms with Crippen LogP contribution in [0.3, 0.4) is 0 Å². The number of likely N-dealkylation sites (tertiary alicyclic amines) is 1. The van der Waals surface area contributed by atoms with Crippen molar-refractivity contribution < 1.29 is 22.6 Å². The summed E-state index contributed by atoms with van der Waals surface area (Å²) >= 11 is 0. The Balaban J connectivity index is 1.63. The summed E-state index contributed by atoms with van der Waals surface area (Å²) in [6, 6.07) is 8.17. The minimum Gasteiger partial charge on any atom is -0.328 e. The highest BCUT2D eigenvalue weighted by atomic mass is 32.2. The maximum absolute atomic E-state index is 12.3. The summed E-state index contributed by atoms with van der Waals surface area (Å²) in [6.45, 7) is 0.334. The molecule has 0 aromatic heterocycles. The van der Waals surface area contributed by atoms with E-state index in [1.54, 1.807) is 0 Å². The van der Waals surface area contributed by atoms with Gasteiger partial charge < -0.3 is 4.90 Å². The Labute approximate surface area is 128 Å². The number of fused-ring (bicyclic) bond motifs is 1. The van der Waals surface area contributed by atoms with Crippen LogP contribution in [0.15, 0.2) is 30.3 Å². The van der Waals surface area contributed by atoms with Gasteiger partial charge in [0.25, 0.3) is 5.91 Å². The van der Waals surface area contributed by atoms with Crippen molar-refractivity contribution in [1.29, 1.82) is 0 Å². The van der Waals surface area contributed by atoms with Crippen LogP contribution in [-0.2, 0) is 26.3 Å². The molecule has 1 aromatic carbocycles. The van der Waals surface area contributed by atoms with Gasteiger partial charge in [0.1, 0.15) is 6.04 Å². The van der Waals surface area contributed by atoms with E-state index in [1.165, 1.54) is 4.90 Å². The lowest BCUT2D eigenvalue weighted by atomic mass is 10.00. The number of benzene rings is 1. The van der Waals surface area contributed by atoms with Crippen LogP contribution < -0.4 is 0 Å². The van der Waals surface area contributed by atoms with Crippen molar-refractivity contribution in [2.24, 2.45) is 0 Å². The summed E-state index contributed by atoms with van der Waals surface area (Å²) in [6.07, 6.45) is 1.21. The van der Waals surface area contributed by atoms with Crippen LogP contribution in [-0.4, -0.2) is 52.6 Å². The minimum atomic E-state index is -4.53. The predicted octanol–water partition coefficient (Wildman–Crippen LogP) is 0.234. The molecule has 2 aliphatic heterocycles. The van der Waals surface area contributed by atoms with Gasteiger partial charge in [-0.05, 0) is 18.4 Å². The summed E-state index contributed by atoms with van der Waals surface area (Å²) in [4.78, 5) is 25.6. The second-order valence-electron chi connectivity index (χ2n) is 5.49. The largest absolute Gasteiger partial charge is 0.362 e. The van der Waals surface area contributed by atoms with E-state index in [-0.39, 0.29) is 12.3 Å². The number of nitrogens with zero attached hydrogens (tertiary/aromatic N) is 2. The summed E-state index contributed by atoms with van der Waals surface area (Å²) in [5, 5.41) is 0. The van der Waals surface area contributed by atoms with Gasteiger partial charge in [-0.25, -0.2) is 4.31 Å². The van der Waals surface area contributed by atoms with E-state index in [0.29, 0.717) is 23.7 Å². The van der Waals surface area contributed by atoms with Crippen LogP contribution in [0.25, 0.3) is 0 Å². The van der Waals surface area contributed by atoms with E-state index in [0.717, 1.165) is 5.56 Å². The first-order chi connectivity index (χ1) is 10.4. The Hall–Kier alpha value is -1.93. The lowest BCUT2D eigenvalue weighted by Gasteiger charge is -2.42. The molecular weight excluding hydrogens is 308 g/mol. The third kappa shape index (κ3) is 2.48. The molecule has 2 amide bonds. The molecule has 0 saturated carbocycles. The zero-order chi connectivity index (χ0) is 15.9. The van der Waals surface area contributed by atoms with E-state index in [9.17, 15) is 18.0 Å². The van der Waals surface area contributed by atoms with E-state index >= 15 is 0 Å². The van der Waals surface area contributed by atoms with Crippen LogP contribution in [0.5, 0.6) is 0 Å². The molecule has 2 aliphatic rings. The van der Waals surface area contributed by atoms with Crippen molar-refractivity contribution in [3.63, 3.8) is 0 Å². The zero-order valence-electron chi connectivity index (χ0n) is 11.8. The van der Waals surface area contributed by atoms with Crippen molar-refractivity contribution in [3.05, 3.63) is 35.9 Å². The quantitative estimate of drug-likeness (QED) is 0.632. The van der Waals surface area contributed by atoms with Crippen LogP contribution in [0, 0.1) is 0 Å². The first-order valence-electron chi connectivity index (χ1n) is 7.03. The molecule has 2 atom stereocenters. The van der Waals surface area contributed by atoms with Crippen LogP contribution in [0.4, 0.5) is 0 Å². The Kier molecular flexibility index (Phi) is 3.65. The van der Waals surface area contributed by atoms with Gasteiger partial charge in [-0.2, -0.15) is 8.42 Å². The molecule has 2 heterocycles. The predicted molar refractivity (Wildman–Crippen MR) is 77.1 cm³/mol. The molecule has 7 nitrogen and oxygen atoms in total. The number of aryl methyl sites for hydroxylation is 1. The number of hydrogen-bond donors (Lipinski definition) is 1. The van der Waals surface area contributed by atoms with Crippen molar-refractivity contribution in [2.75, 3.05) is 6.54 Å². The number of β-lactam (4-membered cyclic amide) rings is 1. The average Bonchev–Trinajstić information content (AvgIpc) is 2.83. The van der Waals surface area contributed by atoms with E-state index in [4.69, 9.17) is 4.55 Å². The van der Waals surface area contributed by atoms with Gasteiger partial charge in [0.15, 0.2) is 0 Å². The summed E-state index contributed by atoms with van der Waals surface area (Å²) < 4.78 is 31.7. The standard InChI is InChI=1S/C14H16N2O5S/c17-12(7-6-10-4-2-1-3-5-10)15-9-8-11-13(15)14(18)16(11)22(19,20)21/h1-5,11,13H,6-9H2,(H,19,20,21)/t11-,13+/m1/s1. The molecule has 0 bridgehead atoms. The molecule has 1 N–H and O–H groups in total. The smallest absolute Gasteiger partial charge is 0.328 e. The maximum atomic E-state index is 12.3. The Morgan fingerprint density at radius 2 is 1.95 bits per heavy atom. The highest BCUT2D eigenvalue weighted by Gasteiger charge is 2.59. The molecule has 8 heteroatoms. The molecule has 0 spiro atoms. The Morgan fingerprint density at radius 1 is 1.27 bits per heavy atom. The zero-order valence-corrected chi connectivity index (χ0v) is 12.6. The number of rotatable bonds is 4. The average molecular weight is 324 g/mol. The van der Waals surface area contributed by atoms with E-state index < -0.39 is 28.3 Å². The summed E-state index contributed by atoms with van der Waals surface area (Å²) in [5.74, 6) is -0.891. The highest BCUT2D eigenvalue weighted by molar-refractivity contribution is 7.84. The fourth-order valence-electron chi connectivity index (χ4n) is 3.14. The van der Waals surface area contributed by atoms with Crippen LogP contribution in [0.2, 0.25) is 0 Å². The molecule has 2 saturated heterocycles. The molecule has 3 rings (SSSR count). The summed E-state index contributed by atoms with van der Waals surface area (Å²) in [7, 11) is -4.53. The molecule has 22 heavy (non-hydrogen) atoms. The lowest BCUT2D eigenvalue weighted by Crippen LogP contribution is -2.68. The Morgan fingerprint density at radius 3 is 2.59 bits per heavy atom. The van der Waals surface area contributed by atoms with Gasteiger partial charge in [0.2, 0.25) is 5.91 Å². The second kappa shape index (κ2) is 5.36. The SMILES string of the molecule is O=C(CCc1ccccc1)N1CC[C@@H]2[C@H]1C(=O)N2S(=O)(=O)O. The number of amides is 2. The van der Waals surface area contributed by atoms with Crippen molar-refractivity contribution in [3.8, 4) is 0 Å². The molecule has 0 unspecified atom stereocenters. The molecular formula is C14H16N2O5S. The highest BCUT2D eigenvalue weighted by Crippen LogP contribution is 2.35. The monoisotopic (exact) mass is 324 g/mol. The molecule has 118 valence electrons. The minimum absolute atomic E-state index is 0.167. The molecule has 0 aliphatic carbocycles. The normalized spacial score (nSPS) is 24.1. The van der Waals surface area contributed by atoms with Gasteiger partial charge in [-0.15, -0.1) is 0 Å². The molecule has 0 radical (unpaired) electrons. The molecule has 2 fully saturated rings. The lowest BCUT2D eigenvalue weighted by molar-refractivity contribution is -0.151. The number of hydrogen-bond acceptors (Lipinski definition) is 4. The first-order valence-corrected chi connectivity index (χ1v) is 8.43. The summed E-state index contributed by atoms with van der Waals surface area (Å²) in [5.41, 5.74) is 1.03. The van der Waals surface area contributed by atoms with Crippen LogP contribution in [0.1, 0.15) is 18.4 Å². The number of carbonyl (C=O) groups is 2. The van der Waals surface area contributed by atoms with Gasteiger partial charge in [-0.1, -0.05) is 30.3 Å². The second-order valence-corrected chi connectivity index (χ2v) is 6.77.